The van der Waals surface area contributed by atoms with E-state index < -0.39 is 13.2 Å². The lowest BCUT2D eigenvalue weighted by Crippen LogP contribution is -2.01. The molecule has 2 atom stereocenters. The zero-order valence-electron chi connectivity index (χ0n) is 22.9. The molecule has 0 aliphatic carbocycles. The van der Waals surface area contributed by atoms with Gasteiger partial charge in [-0.1, -0.05) is 52.0 Å². The third kappa shape index (κ3) is 8.50. The van der Waals surface area contributed by atoms with Crippen molar-refractivity contribution in [3.8, 4) is 23.0 Å². The average molecular weight is 525 g/mol. The first kappa shape index (κ1) is 30.7. The Labute approximate surface area is 225 Å². The Hall–Kier alpha value is -3.55. The third-order valence-electron chi connectivity index (χ3n) is 6.64. The molecule has 0 saturated carbocycles. The zero-order chi connectivity index (χ0) is 28.2. The highest BCUT2D eigenvalue weighted by atomic mass is 16.5. The van der Waals surface area contributed by atoms with Crippen molar-refractivity contribution < 1.29 is 34.7 Å². The van der Waals surface area contributed by atoms with Crippen molar-refractivity contribution in [2.45, 2.75) is 79.1 Å². The van der Waals surface area contributed by atoms with Gasteiger partial charge in [0.15, 0.2) is 0 Å². The third-order valence-corrected chi connectivity index (χ3v) is 6.64. The molecule has 0 aliphatic rings. The number of ether oxygens (including phenoxy) is 2. The number of hydrogen-bond donors (Lipinski definition) is 4. The lowest BCUT2D eigenvalue weighted by molar-refractivity contribution is -0.131. The van der Waals surface area contributed by atoms with Gasteiger partial charge in [-0.05, 0) is 66.1 Å². The minimum Gasteiger partial charge on any atom is -0.507 e. The zero-order valence-corrected chi connectivity index (χ0v) is 22.9. The lowest BCUT2D eigenvalue weighted by atomic mass is 9.99. The highest BCUT2D eigenvalue weighted by Crippen LogP contribution is 2.35. The molecule has 4 N–H and O–H groups in total. The Morgan fingerprint density at radius 3 is 1.66 bits per heavy atom. The Bertz CT molecular complexity index is 1150. The van der Waals surface area contributed by atoms with Gasteiger partial charge in [0.2, 0.25) is 0 Å². The van der Waals surface area contributed by atoms with Crippen LogP contribution in [0, 0.1) is 0 Å². The molecule has 0 amide bonds. The molecular formula is C31H40O7. The van der Waals surface area contributed by atoms with Gasteiger partial charge in [-0.3, -0.25) is 4.79 Å². The van der Waals surface area contributed by atoms with Gasteiger partial charge < -0.3 is 29.9 Å². The number of carbonyl (C=O) groups excluding carboxylic acids is 1. The van der Waals surface area contributed by atoms with E-state index in [2.05, 4.69) is 27.7 Å². The van der Waals surface area contributed by atoms with Crippen molar-refractivity contribution in [3.63, 3.8) is 0 Å². The van der Waals surface area contributed by atoms with Crippen molar-refractivity contribution in [1.82, 2.24) is 0 Å². The molecule has 0 spiro atoms. The summed E-state index contributed by atoms with van der Waals surface area (Å²) in [6.07, 6.45) is 2.18. The van der Waals surface area contributed by atoms with E-state index in [-0.39, 0.29) is 35.2 Å². The summed E-state index contributed by atoms with van der Waals surface area (Å²) in [5.41, 5.74) is 3.15. The number of aliphatic hydroxyl groups is 2. The van der Waals surface area contributed by atoms with Crippen molar-refractivity contribution in [2.24, 2.45) is 0 Å². The van der Waals surface area contributed by atoms with E-state index >= 15 is 0 Å². The van der Waals surface area contributed by atoms with Gasteiger partial charge in [-0.2, -0.15) is 0 Å². The molecule has 3 rings (SSSR count). The summed E-state index contributed by atoms with van der Waals surface area (Å²) in [6.45, 7) is 9.19. The molecule has 7 nitrogen and oxygen atoms in total. The summed E-state index contributed by atoms with van der Waals surface area (Å²) < 4.78 is 10.6. The molecule has 0 fully saturated rings. The van der Waals surface area contributed by atoms with Crippen LogP contribution in [0.1, 0.15) is 87.1 Å². The first-order chi connectivity index (χ1) is 18.1. The molecule has 3 aromatic rings. The van der Waals surface area contributed by atoms with E-state index in [0.29, 0.717) is 28.9 Å². The summed E-state index contributed by atoms with van der Waals surface area (Å²) in [4.78, 5) is 10.7. The standard InChI is InChI=1S/C19H24O5.C12H16O2/c1-3-12(2)13-4-6-16(7-5-13)24-11-15-8-14(9-20)18(22)17(10-21)19(15)23;1-4-9(2)11-5-7-12(8-6-11)14-10(3)13/h4-8,12,20-23H,3,9-11H2,1-2H3;5-9H,4H2,1-3H3. The molecule has 206 valence electrons. The normalized spacial score (nSPS) is 12.2. The van der Waals surface area contributed by atoms with Gasteiger partial charge in [0.05, 0.1) is 18.8 Å². The van der Waals surface area contributed by atoms with Crippen molar-refractivity contribution >= 4 is 5.97 Å². The van der Waals surface area contributed by atoms with Crippen LogP contribution in [0.5, 0.6) is 23.0 Å². The fourth-order valence-electron chi connectivity index (χ4n) is 3.78. The largest absolute Gasteiger partial charge is 0.507 e. The molecule has 0 aliphatic heterocycles. The topological polar surface area (TPSA) is 116 Å². The van der Waals surface area contributed by atoms with Crippen molar-refractivity contribution in [1.29, 1.82) is 0 Å². The number of aliphatic hydroxyl groups excluding tert-OH is 2. The van der Waals surface area contributed by atoms with Crippen LogP contribution < -0.4 is 9.47 Å². The molecule has 7 heteroatoms. The fourth-order valence-corrected chi connectivity index (χ4v) is 3.78. The summed E-state index contributed by atoms with van der Waals surface area (Å²) in [5, 5.41) is 38.6. The van der Waals surface area contributed by atoms with Gasteiger partial charge in [0.1, 0.15) is 29.6 Å². The van der Waals surface area contributed by atoms with Crippen LogP contribution in [0.4, 0.5) is 0 Å². The SMILES string of the molecule is CCC(C)c1ccc(OC(C)=O)cc1.CCC(C)c1ccc(OCc2cc(CO)c(O)c(CO)c2O)cc1. The smallest absolute Gasteiger partial charge is 0.308 e. The second-order valence-corrected chi connectivity index (χ2v) is 9.33. The van der Waals surface area contributed by atoms with Gasteiger partial charge in [-0.15, -0.1) is 0 Å². The maximum absolute atomic E-state index is 10.7. The number of esters is 1. The van der Waals surface area contributed by atoms with E-state index in [9.17, 15) is 25.2 Å². The van der Waals surface area contributed by atoms with Crippen LogP contribution in [-0.4, -0.2) is 26.4 Å². The molecule has 0 heterocycles. The minimum atomic E-state index is -0.526. The molecule has 3 aromatic carbocycles. The molecule has 38 heavy (non-hydrogen) atoms. The summed E-state index contributed by atoms with van der Waals surface area (Å²) in [7, 11) is 0. The number of benzene rings is 3. The van der Waals surface area contributed by atoms with E-state index in [4.69, 9.17) is 9.47 Å². The first-order valence-corrected chi connectivity index (χ1v) is 12.9. The summed E-state index contributed by atoms with van der Waals surface area (Å²) >= 11 is 0. The first-order valence-electron chi connectivity index (χ1n) is 12.9. The van der Waals surface area contributed by atoms with Gasteiger partial charge in [0, 0.05) is 18.1 Å². The number of aromatic hydroxyl groups is 2. The van der Waals surface area contributed by atoms with Crippen LogP contribution >= 0.6 is 0 Å². The van der Waals surface area contributed by atoms with Crippen LogP contribution in [-0.2, 0) is 24.6 Å². The van der Waals surface area contributed by atoms with Gasteiger partial charge in [-0.25, -0.2) is 0 Å². The molecule has 0 bridgehead atoms. The lowest BCUT2D eigenvalue weighted by Gasteiger charge is -2.15. The highest BCUT2D eigenvalue weighted by molar-refractivity contribution is 5.69. The van der Waals surface area contributed by atoms with Crippen molar-refractivity contribution in [3.05, 3.63) is 82.4 Å². The van der Waals surface area contributed by atoms with E-state index in [0.717, 1.165) is 12.8 Å². The van der Waals surface area contributed by atoms with Crippen molar-refractivity contribution in [2.75, 3.05) is 0 Å². The molecule has 2 unspecified atom stereocenters. The molecule has 0 aromatic heterocycles. The maximum Gasteiger partial charge on any atom is 0.308 e. The number of phenols is 2. The Morgan fingerprint density at radius 2 is 1.24 bits per heavy atom. The monoisotopic (exact) mass is 524 g/mol. The van der Waals surface area contributed by atoms with Crippen LogP contribution in [0.25, 0.3) is 0 Å². The predicted octanol–water partition coefficient (Wildman–Crippen LogP) is 6.30. The van der Waals surface area contributed by atoms with E-state index in [1.807, 2.05) is 48.5 Å². The predicted molar refractivity (Wildman–Crippen MR) is 148 cm³/mol. The van der Waals surface area contributed by atoms with E-state index in [1.165, 1.54) is 24.1 Å². The summed E-state index contributed by atoms with van der Waals surface area (Å²) in [6, 6.07) is 16.9. The maximum atomic E-state index is 10.7. The average Bonchev–Trinajstić information content (AvgIpc) is 2.93. The van der Waals surface area contributed by atoms with E-state index in [1.54, 1.807) is 0 Å². The number of rotatable bonds is 10. The van der Waals surface area contributed by atoms with Crippen LogP contribution in [0.3, 0.4) is 0 Å². The number of hydrogen-bond acceptors (Lipinski definition) is 7. The second kappa shape index (κ2) is 15.0. The minimum absolute atomic E-state index is 0.00716. The molecule has 0 saturated heterocycles. The summed E-state index contributed by atoms with van der Waals surface area (Å²) in [5.74, 6) is 1.53. The fraction of sp³-hybridized carbons (Fsp3) is 0.387. The van der Waals surface area contributed by atoms with Gasteiger partial charge >= 0.3 is 5.97 Å². The second-order valence-electron chi connectivity index (χ2n) is 9.33. The molecular weight excluding hydrogens is 484 g/mol. The highest BCUT2D eigenvalue weighted by Gasteiger charge is 2.17. The van der Waals surface area contributed by atoms with Crippen LogP contribution in [0.15, 0.2) is 54.6 Å². The Morgan fingerprint density at radius 1 is 0.763 bits per heavy atom. The van der Waals surface area contributed by atoms with Gasteiger partial charge in [0.25, 0.3) is 0 Å². The Balaban J connectivity index is 0.000000308. The molecule has 0 radical (unpaired) electrons. The Kier molecular flexibility index (Phi) is 12.1. The quantitative estimate of drug-likeness (QED) is 0.182. The number of carbonyl (C=O) groups is 1. The van der Waals surface area contributed by atoms with Crippen LogP contribution in [0.2, 0.25) is 0 Å².